The number of hydrogen-bond acceptors (Lipinski definition) is 8. The van der Waals surface area contributed by atoms with E-state index in [2.05, 4.69) is 15.0 Å². The first-order valence-electron chi connectivity index (χ1n) is 12.1. The molecule has 0 atom stereocenters. The average molecular weight is 505 g/mol. The van der Waals surface area contributed by atoms with Crippen LogP contribution in [-0.4, -0.2) is 36.7 Å². The molecule has 0 saturated heterocycles. The van der Waals surface area contributed by atoms with E-state index in [1.807, 2.05) is 63.2 Å². The van der Waals surface area contributed by atoms with Crippen LogP contribution in [-0.2, 0) is 24.4 Å². The van der Waals surface area contributed by atoms with Crippen LogP contribution in [0.4, 0.5) is 0 Å². The molecule has 0 aliphatic rings. The second-order valence-corrected chi connectivity index (χ2v) is 9.74. The van der Waals surface area contributed by atoms with E-state index in [0.29, 0.717) is 43.0 Å². The Labute approximate surface area is 216 Å². The van der Waals surface area contributed by atoms with Gasteiger partial charge in [-0.15, -0.1) is 0 Å². The van der Waals surface area contributed by atoms with Crippen LogP contribution in [0.25, 0.3) is 11.5 Å². The predicted octanol–water partition coefficient (Wildman–Crippen LogP) is 5.40. The molecule has 1 N–H and O–H groups in total. The first-order chi connectivity index (χ1) is 17.5. The van der Waals surface area contributed by atoms with E-state index in [1.54, 1.807) is 20.8 Å². The van der Waals surface area contributed by atoms with E-state index < -0.39 is 11.6 Å². The number of aryl methyl sites for hydroxylation is 4. The van der Waals surface area contributed by atoms with E-state index in [4.69, 9.17) is 18.7 Å². The topological polar surface area (TPSA) is 115 Å². The van der Waals surface area contributed by atoms with Crippen molar-refractivity contribution < 1.29 is 23.6 Å². The quantitative estimate of drug-likeness (QED) is 0.303. The van der Waals surface area contributed by atoms with Crippen molar-refractivity contribution in [2.45, 2.75) is 66.8 Å². The third kappa shape index (κ3) is 6.24. The van der Waals surface area contributed by atoms with Crippen LogP contribution in [0.2, 0.25) is 0 Å². The molecule has 0 bridgehead atoms. The minimum Gasteiger partial charge on any atom is -0.478 e. The van der Waals surface area contributed by atoms with Gasteiger partial charge in [0, 0.05) is 18.7 Å². The third-order valence-corrected chi connectivity index (χ3v) is 6.01. The van der Waals surface area contributed by atoms with E-state index >= 15 is 0 Å². The van der Waals surface area contributed by atoms with Crippen molar-refractivity contribution in [1.29, 1.82) is 0 Å². The maximum atomic E-state index is 11.6. The molecule has 9 heteroatoms. The van der Waals surface area contributed by atoms with Crippen LogP contribution < -0.4 is 4.74 Å². The Kier molecular flexibility index (Phi) is 7.45. The van der Waals surface area contributed by atoms with Crippen LogP contribution in [0.3, 0.4) is 0 Å². The molecule has 194 valence electrons. The maximum Gasteiger partial charge on any atom is 0.347 e. The van der Waals surface area contributed by atoms with Crippen molar-refractivity contribution in [3.05, 3.63) is 82.3 Å². The molecule has 2 aromatic carbocycles. The number of carboxylic acid groups (broad SMARTS) is 1. The Morgan fingerprint density at radius 1 is 1.00 bits per heavy atom. The molecule has 0 aliphatic heterocycles. The molecule has 0 amide bonds. The van der Waals surface area contributed by atoms with Crippen molar-refractivity contribution in [3.8, 4) is 17.2 Å². The Morgan fingerprint density at radius 2 is 1.68 bits per heavy atom. The number of rotatable bonds is 10. The van der Waals surface area contributed by atoms with E-state index in [-0.39, 0.29) is 0 Å². The molecule has 4 rings (SSSR count). The largest absolute Gasteiger partial charge is 0.478 e. The van der Waals surface area contributed by atoms with Gasteiger partial charge in [-0.2, -0.15) is 4.98 Å². The van der Waals surface area contributed by atoms with Crippen LogP contribution in [0.15, 0.2) is 51.4 Å². The van der Waals surface area contributed by atoms with Crippen molar-refractivity contribution in [2.75, 3.05) is 0 Å². The summed E-state index contributed by atoms with van der Waals surface area (Å²) in [6.07, 6.45) is 0. The number of hydrogen-bond donors (Lipinski definition) is 1. The van der Waals surface area contributed by atoms with Gasteiger partial charge in [-0.25, -0.2) is 9.78 Å². The first kappa shape index (κ1) is 26.1. The van der Waals surface area contributed by atoms with Crippen molar-refractivity contribution in [3.63, 3.8) is 0 Å². The molecule has 0 spiro atoms. The summed E-state index contributed by atoms with van der Waals surface area (Å²) in [7, 11) is 0. The van der Waals surface area contributed by atoms with Gasteiger partial charge in [0.05, 0.1) is 12.2 Å². The summed E-state index contributed by atoms with van der Waals surface area (Å²) in [6.45, 7) is 12.1. The zero-order valence-corrected chi connectivity index (χ0v) is 22.0. The van der Waals surface area contributed by atoms with Gasteiger partial charge in [0.25, 0.3) is 0 Å². The Bertz CT molecular complexity index is 1370. The number of aromatic nitrogens is 3. The average Bonchev–Trinajstić information content (AvgIpc) is 3.41. The van der Waals surface area contributed by atoms with Crippen LogP contribution in [0.5, 0.6) is 5.75 Å². The fourth-order valence-electron chi connectivity index (χ4n) is 4.10. The monoisotopic (exact) mass is 504 g/mol. The van der Waals surface area contributed by atoms with Crippen LogP contribution >= 0.6 is 0 Å². The van der Waals surface area contributed by atoms with Crippen molar-refractivity contribution >= 4 is 5.97 Å². The van der Waals surface area contributed by atoms with E-state index in [9.17, 15) is 9.90 Å². The number of aliphatic carboxylic acids is 1. The van der Waals surface area contributed by atoms with E-state index in [1.165, 1.54) is 0 Å². The molecular formula is C28H32N4O5. The Hall–Kier alpha value is -3.98. The number of carboxylic acids is 1. The Balaban J connectivity index is 1.60. The zero-order chi connectivity index (χ0) is 26.7. The van der Waals surface area contributed by atoms with Crippen LogP contribution in [0, 0.1) is 27.7 Å². The number of carbonyl (C=O) groups is 1. The molecule has 2 aromatic heterocycles. The number of benzene rings is 2. The second kappa shape index (κ2) is 10.6. The zero-order valence-electron chi connectivity index (χ0n) is 22.0. The standard InChI is InChI=1S/C28H32N4O5/c1-17-12-21(13-18(2)25(17)36-28(5,6)27(33)34)14-32(16-24-29-20(4)31-37-24)15-23-19(3)35-26(30-23)22-10-8-7-9-11-22/h7-13H,14-16H2,1-6H3,(H,33,34). The molecule has 9 nitrogen and oxygen atoms in total. The van der Waals surface area contributed by atoms with Gasteiger partial charge >= 0.3 is 5.97 Å². The Morgan fingerprint density at radius 3 is 2.27 bits per heavy atom. The fourth-order valence-corrected chi connectivity index (χ4v) is 4.10. The summed E-state index contributed by atoms with van der Waals surface area (Å²) in [5.74, 6) is 1.98. The lowest BCUT2D eigenvalue weighted by molar-refractivity contribution is -0.152. The predicted molar refractivity (Wildman–Crippen MR) is 137 cm³/mol. The van der Waals surface area contributed by atoms with Gasteiger partial charge in [0.1, 0.15) is 11.5 Å². The van der Waals surface area contributed by atoms with Gasteiger partial charge in [-0.05, 0) is 70.4 Å². The number of ether oxygens (including phenoxy) is 1. The summed E-state index contributed by atoms with van der Waals surface area (Å²) in [4.78, 5) is 22.9. The highest BCUT2D eigenvalue weighted by atomic mass is 16.5. The minimum atomic E-state index is -1.33. The molecule has 0 saturated carbocycles. The number of oxazole rings is 1. The highest BCUT2D eigenvalue weighted by Gasteiger charge is 2.30. The van der Waals surface area contributed by atoms with Gasteiger partial charge < -0.3 is 18.8 Å². The molecule has 2 heterocycles. The van der Waals surface area contributed by atoms with Gasteiger partial charge in [-0.1, -0.05) is 35.5 Å². The fraction of sp³-hybridized carbons (Fsp3) is 0.357. The van der Waals surface area contributed by atoms with Gasteiger partial charge in [0.15, 0.2) is 11.4 Å². The smallest absolute Gasteiger partial charge is 0.347 e. The van der Waals surface area contributed by atoms with Crippen molar-refractivity contribution in [1.82, 2.24) is 20.0 Å². The second-order valence-electron chi connectivity index (χ2n) is 9.74. The molecule has 0 unspecified atom stereocenters. The highest BCUT2D eigenvalue weighted by molar-refractivity contribution is 5.77. The van der Waals surface area contributed by atoms with Gasteiger partial charge in [0.2, 0.25) is 11.8 Å². The SMILES string of the molecule is Cc1noc(CN(Cc2cc(C)c(OC(C)(C)C(=O)O)c(C)c2)Cc2nc(-c3ccccc3)oc2C)n1. The molecule has 37 heavy (non-hydrogen) atoms. The number of nitrogens with zero attached hydrogens (tertiary/aromatic N) is 4. The van der Waals surface area contributed by atoms with E-state index in [0.717, 1.165) is 33.7 Å². The lowest BCUT2D eigenvalue weighted by Gasteiger charge is -2.25. The minimum absolute atomic E-state index is 0.427. The first-order valence-corrected chi connectivity index (χ1v) is 12.1. The molecule has 0 aliphatic carbocycles. The molecule has 0 fully saturated rings. The maximum absolute atomic E-state index is 11.6. The summed E-state index contributed by atoms with van der Waals surface area (Å²) >= 11 is 0. The lowest BCUT2D eigenvalue weighted by atomic mass is 10.0. The van der Waals surface area contributed by atoms with Crippen molar-refractivity contribution in [2.24, 2.45) is 0 Å². The molecular weight excluding hydrogens is 472 g/mol. The summed E-state index contributed by atoms with van der Waals surface area (Å²) in [5.41, 5.74) is 3.17. The highest BCUT2D eigenvalue weighted by Crippen LogP contribution is 2.30. The molecule has 4 aromatic rings. The summed E-state index contributed by atoms with van der Waals surface area (Å²) in [6, 6.07) is 13.8. The third-order valence-electron chi connectivity index (χ3n) is 6.01. The summed E-state index contributed by atoms with van der Waals surface area (Å²) < 4.78 is 17.2. The van der Waals surface area contributed by atoms with Crippen LogP contribution in [0.1, 0.15) is 53.7 Å². The van der Waals surface area contributed by atoms with Gasteiger partial charge in [-0.3, -0.25) is 4.90 Å². The normalized spacial score (nSPS) is 11.8. The molecule has 0 radical (unpaired) electrons. The summed E-state index contributed by atoms with van der Waals surface area (Å²) in [5, 5.41) is 13.4. The lowest BCUT2D eigenvalue weighted by Crippen LogP contribution is -2.38.